The lowest BCUT2D eigenvalue weighted by molar-refractivity contribution is -0.0159. The number of aliphatic hydroxyl groups is 1. The lowest BCUT2D eigenvalue weighted by Gasteiger charge is -2.26. The number of ether oxygens (including phenoxy) is 1. The number of rotatable bonds is 7. The van der Waals surface area contributed by atoms with E-state index in [-0.39, 0.29) is 35.9 Å². The van der Waals surface area contributed by atoms with Crippen molar-refractivity contribution in [2.24, 2.45) is 0 Å². The minimum atomic E-state index is -1.62. The molecule has 0 bridgehead atoms. The highest BCUT2D eigenvalue weighted by molar-refractivity contribution is 6.10. The van der Waals surface area contributed by atoms with E-state index in [0.29, 0.717) is 22.5 Å². The zero-order chi connectivity index (χ0) is 26.4. The number of anilines is 2. The number of amides is 2. The van der Waals surface area contributed by atoms with Gasteiger partial charge in [-0.25, -0.2) is 18.7 Å². The van der Waals surface area contributed by atoms with E-state index in [2.05, 4.69) is 15.4 Å². The zero-order valence-electron chi connectivity index (χ0n) is 20.6. The van der Waals surface area contributed by atoms with Crippen molar-refractivity contribution in [1.29, 1.82) is 0 Å². The Balaban J connectivity index is 1.64. The van der Waals surface area contributed by atoms with Gasteiger partial charge >= 0.3 is 5.97 Å². The smallest absolute Gasteiger partial charge is 0.356 e. The summed E-state index contributed by atoms with van der Waals surface area (Å²) in [7, 11) is 4.76. The van der Waals surface area contributed by atoms with E-state index in [9.17, 15) is 23.9 Å². The van der Waals surface area contributed by atoms with Crippen molar-refractivity contribution < 1.29 is 28.6 Å². The zero-order valence-corrected chi connectivity index (χ0v) is 20.6. The van der Waals surface area contributed by atoms with E-state index in [1.165, 1.54) is 48.8 Å². The SMILES string of the molecule is COC(=O)c1ccn2ncc(C(=O)Nc3cc4c(cc3N(C)C)C(=O)N(CC(F)C(C)(C)O)C4)c2n1. The maximum Gasteiger partial charge on any atom is 0.356 e. The highest BCUT2D eigenvalue weighted by Gasteiger charge is 2.35. The molecule has 1 unspecified atom stereocenters. The molecule has 3 heterocycles. The number of carbonyl (C=O) groups is 3. The monoisotopic (exact) mass is 498 g/mol. The van der Waals surface area contributed by atoms with E-state index < -0.39 is 23.6 Å². The van der Waals surface area contributed by atoms with Gasteiger partial charge in [-0.3, -0.25) is 9.59 Å². The van der Waals surface area contributed by atoms with Gasteiger partial charge in [-0.15, -0.1) is 0 Å². The van der Waals surface area contributed by atoms with E-state index >= 15 is 0 Å². The topological polar surface area (TPSA) is 129 Å². The second-order valence-electron chi connectivity index (χ2n) is 9.31. The van der Waals surface area contributed by atoms with Gasteiger partial charge in [-0.2, -0.15) is 5.10 Å². The standard InChI is InChI=1S/C24H27FN6O5/c1-24(2,35)19(25)12-30-11-13-8-17(18(29(3)4)9-14(13)22(30)33)28-21(32)15-10-26-31-7-6-16(23(34)36-5)27-20(15)31/h6-10,19,35H,11-12H2,1-5H3,(H,28,32). The molecule has 0 fully saturated rings. The molecule has 190 valence electrons. The Morgan fingerprint density at radius 1 is 1.33 bits per heavy atom. The van der Waals surface area contributed by atoms with Gasteiger partial charge in [0.05, 0.1) is 36.8 Å². The maximum absolute atomic E-state index is 14.5. The van der Waals surface area contributed by atoms with Gasteiger partial charge < -0.3 is 25.0 Å². The molecule has 1 aliphatic rings. The van der Waals surface area contributed by atoms with Gasteiger partial charge in [0.25, 0.3) is 11.8 Å². The largest absolute Gasteiger partial charge is 0.464 e. The maximum atomic E-state index is 14.5. The first kappa shape index (κ1) is 25.0. The first-order valence-electron chi connectivity index (χ1n) is 11.1. The molecule has 2 N–H and O–H groups in total. The molecular weight excluding hydrogens is 471 g/mol. The molecular formula is C24H27FN6O5. The van der Waals surface area contributed by atoms with Gasteiger partial charge in [-0.05, 0) is 37.6 Å². The quantitative estimate of drug-likeness (QED) is 0.473. The Hall–Kier alpha value is -4.06. The van der Waals surface area contributed by atoms with Crippen molar-refractivity contribution in [1.82, 2.24) is 19.5 Å². The van der Waals surface area contributed by atoms with Crippen LogP contribution in [0.15, 0.2) is 30.6 Å². The highest BCUT2D eigenvalue weighted by Crippen LogP contribution is 2.34. The number of carbonyl (C=O) groups excluding carboxylic acids is 3. The molecule has 4 rings (SSSR count). The van der Waals surface area contributed by atoms with Crippen molar-refractivity contribution in [2.45, 2.75) is 32.2 Å². The number of methoxy groups -OCH3 is 1. The van der Waals surface area contributed by atoms with Crippen LogP contribution in [-0.2, 0) is 11.3 Å². The minimum Gasteiger partial charge on any atom is -0.464 e. The van der Waals surface area contributed by atoms with Crippen LogP contribution in [0.25, 0.3) is 5.65 Å². The lowest BCUT2D eigenvalue weighted by atomic mass is 10.0. The van der Waals surface area contributed by atoms with E-state index in [4.69, 9.17) is 4.74 Å². The summed E-state index contributed by atoms with van der Waals surface area (Å²) in [5, 5.41) is 16.9. The van der Waals surface area contributed by atoms with Crippen LogP contribution in [0.1, 0.15) is 50.6 Å². The summed E-state index contributed by atoms with van der Waals surface area (Å²) in [5.74, 6) is -1.51. The number of alkyl halides is 1. The fourth-order valence-corrected chi connectivity index (χ4v) is 3.88. The summed E-state index contributed by atoms with van der Waals surface area (Å²) in [6.07, 6.45) is 1.21. The van der Waals surface area contributed by atoms with E-state index in [0.717, 1.165) is 0 Å². The number of aromatic nitrogens is 3. The minimum absolute atomic E-state index is 0.0295. The lowest BCUT2D eigenvalue weighted by Crippen LogP contribution is -2.42. The summed E-state index contributed by atoms with van der Waals surface area (Å²) in [6.45, 7) is 2.59. The summed E-state index contributed by atoms with van der Waals surface area (Å²) in [6, 6.07) is 4.76. The number of fused-ring (bicyclic) bond motifs is 2. The van der Waals surface area contributed by atoms with Gasteiger partial charge in [0.15, 0.2) is 11.3 Å². The van der Waals surface area contributed by atoms with Crippen molar-refractivity contribution in [3.05, 3.63) is 53.0 Å². The van der Waals surface area contributed by atoms with Gasteiger partial charge in [0, 0.05) is 32.4 Å². The van der Waals surface area contributed by atoms with Crippen LogP contribution in [0.5, 0.6) is 0 Å². The molecule has 11 nitrogen and oxygen atoms in total. The summed E-state index contributed by atoms with van der Waals surface area (Å²) in [4.78, 5) is 45.3. The Labute approximate surface area is 206 Å². The number of hydrogen-bond acceptors (Lipinski definition) is 8. The Bertz CT molecular complexity index is 1360. The molecule has 12 heteroatoms. The third-order valence-corrected chi connectivity index (χ3v) is 5.99. The van der Waals surface area contributed by atoms with Crippen LogP contribution in [0.2, 0.25) is 0 Å². The second kappa shape index (κ2) is 9.19. The number of halogens is 1. The molecule has 1 atom stereocenters. The first-order chi connectivity index (χ1) is 16.9. The number of nitrogens with zero attached hydrogens (tertiary/aromatic N) is 5. The highest BCUT2D eigenvalue weighted by atomic mass is 19.1. The fourth-order valence-electron chi connectivity index (χ4n) is 3.88. The second-order valence-corrected chi connectivity index (χ2v) is 9.31. The number of benzene rings is 1. The number of hydrogen-bond donors (Lipinski definition) is 2. The summed E-state index contributed by atoms with van der Waals surface area (Å²) < 4.78 is 20.5. The van der Waals surface area contributed by atoms with Crippen molar-refractivity contribution >= 4 is 34.8 Å². The summed E-state index contributed by atoms with van der Waals surface area (Å²) in [5.41, 5.74) is 0.771. The van der Waals surface area contributed by atoms with Crippen molar-refractivity contribution in [3.8, 4) is 0 Å². The predicted octanol–water partition coefficient (Wildman–Crippen LogP) is 1.90. The molecule has 3 aromatic rings. The van der Waals surface area contributed by atoms with Gasteiger partial charge in [0.2, 0.25) is 0 Å². The van der Waals surface area contributed by atoms with Crippen LogP contribution >= 0.6 is 0 Å². The van der Waals surface area contributed by atoms with E-state index in [1.807, 2.05) is 0 Å². The van der Waals surface area contributed by atoms with Crippen molar-refractivity contribution in [3.63, 3.8) is 0 Å². The first-order valence-corrected chi connectivity index (χ1v) is 11.1. The third kappa shape index (κ3) is 4.59. The van der Waals surface area contributed by atoms with Gasteiger partial charge in [0.1, 0.15) is 11.7 Å². The molecule has 2 amide bonds. The Kier molecular flexibility index (Phi) is 6.39. The average molecular weight is 499 g/mol. The fraction of sp³-hybridized carbons (Fsp3) is 0.375. The number of nitrogens with one attached hydrogen (secondary N) is 1. The molecule has 1 aliphatic heterocycles. The molecule has 36 heavy (non-hydrogen) atoms. The average Bonchev–Trinajstić information content (AvgIpc) is 3.37. The van der Waals surface area contributed by atoms with Crippen molar-refractivity contribution in [2.75, 3.05) is 38.0 Å². The molecule has 0 saturated heterocycles. The molecule has 0 spiro atoms. The Morgan fingerprint density at radius 2 is 2.06 bits per heavy atom. The van der Waals surface area contributed by atoms with Crippen LogP contribution in [0, 0.1) is 0 Å². The van der Waals surface area contributed by atoms with Crippen LogP contribution in [-0.4, -0.2) is 81.9 Å². The van der Waals surface area contributed by atoms with Gasteiger partial charge in [-0.1, -0.05) is 0 Å². The number of esters is 1. The van der Waals surface area contributed by atoms with Crippen LogP contribution < -0.4 is 10.2 Å². The van der Waals surface area contributed by atoms with E-state index in [1.54, 1.807) is 31.1 Å². The van der Waals surface area contributed by atoms with Crippen LogP contribution in [0.4, 0.5) is 15.8 Å². The molecule has 2 aromatic heterocycles. The normalized spacial score (nSPS) is 14.1. The molecule has 0 aliphatic carbocycles. The molecule has 1 aromatic carbocycles. The predicted molar refractivity (Wildman–Crippen MR) is 129 cm³/mol. The summed E-state index contributed by atoms with van der Waals surface area (Å²) >= 11 is 0. The molecule has 0 saturated carbocycles. The third-order valence-electron chi connectivity index (χ3n) is 5.99. The Morgan fingerprint density at radius 3 is 2.69 bits per heavy atom. The van der Waals surface area contributed by atoms with Crippen LogP contribution in [0.3, 0.4) is 0 Å². The molecule has 0 radical (unpaired) electrons.